The Morgan fingerprint density at radius 2 is 1.75 bits per heavy atom. The number of benzene rings is 2. The number of nitrogens with one attached hydrogen (secondary N) is 3. The molecule has 2 rings (SSSR count). The van der Waals surface area contributed by atoms with Crippen molar-refractivity contribution < 1.29 is 14.3 Å². The summed E-state index contributed by atoms with van der Waals surface area (Å²) >= 11 is 0. The minimum Gasteiger partial charge on any atom is -0.495 e. The van der Waals surface area contributed by atoms with Crippen molar-refractivity contribution in [1.29, 1.82) is 0 Å². The van der Waals surface area contributed by atoms with Gasteiger partial charge in [0.1, 0.15) is 5.75 Å². The van der Waals surface area contributed by atoms with E-state index < -0.39 is 0 Å². The van der Waals surface area contributed by atoms with Crippen LogP contribution in [0.15, 0.2) is 48.5 Å². The lowest BCUT2D eigenvalue weighted by molar-refractivity contribution is -0.114. The molecule has 3 N–H and O–H groups in total. The van der Waals surface area contributed by atoms with Crippen molar-refractivity contribution in [2.24, 2.45) is 0 Å². The second kappa shape index (κ2) is 8.57. The number of methoxy groups -OCH3 is 1. The highest BCUT2D eigenvalue weighted by Gasteiger charge is 2.07. The number of carbonyl (C=O) groups is 2. The molecule has 0 aliphatic rings. The second-order valence-corrected chi connectivity index (χ2v) is 5.04. The van der Waals surface area contributed by atoms with Gasteiger partial charge in [0.05, 0.1) is 19.3 Å². The number of hydrogen-bond donors (Lipinski definition) is 3. The van der Waals surface area contributed by atoms with E-state index in [2.05, 4.69) is 16.0 Å². The van der Waals surface area contributed by atoms with Crippen molar-refractivity contribution in [3.8, 4) is 5.75 Å². The first-order chi connectivity index (χ1) is 11.6. The molecule has 0 fully saturated rings. The predicted molar refractivity (Wildman–Crippen MR) is 94.6 cm³/mol. The van der Waals surface area contributed by atoms with E-state index in [-0.39, 0.29) is 18.4 Å². The minimum atomic E-state index is -0.188. The molecule has 6 nitrogen and oxygen atoms in total. The molecule has 0 atom stereocenters. The van der Waals surface area contributed by atoms with Gasteiger partial charge >= 0.3 is 0 Å². The van der Waals surface area contributed by atoms with E-state index in [0.717, 1.165) is 5.69 Å². The summed E-state index contributed by atoms with van der Waals surface area (Å²) < 4.78 is 5.22. The molecule has 2 amide bonds. The standard InChI is InChI=1S/C18H21N3O3/c1-3-19-18(23)13-8-10-14(11-9-13)21-17(22)12-20-15-6-4-5-7-16(15)24-2/h4-11,20H,3,12H2,1-2H3,(H,19,23)(H,21,22). The Balaban J connectivity index is 1.89. The topological polar surface area (TPSA) is 79.5 Å². The SMILES string of the molecule is CCNC(=O)c1ccc(NC(=O)CNc2ccccc2OC)cc1. The number of ether oxygens (including phenoxy) is 1. The maximum absolute atomic E-state index is 12.0. The highest BCUT2D eigenvalue weighted by Crippen LogP contribution is 2.22. The summed E-state index contributed by atoms with van der Waals surface area (Å²) in [5, 5.41) is 8.53. The molecule has 0 aliphatic carbocycles. The van der Waals surface area contributed by atoms with Gasteiger partial charge in [0.2, 0.25) is 5.91 Å². The van der Waals surface area contributed by atoms with E-state index in [9.17, 15) is 9.59 Å². The Bertz CT molecular complexity index is 699. The Labute approximate surface area is 141 Å². The average molecular weight is 327 g/mol. The predicted octanol–water partition coefficient (Wildman–Crippen LogP) is 2.50. The summed E-state index contributed by atoms with van der Waals surface area (Å²) in [4.78, 5) is 23.7. The third kappa shape index (κ3) is 4.74. The van der Waals surface area contributed by atoms with Crippen molar-refractivity contribution in [3.05, 3.63) is 54.1 Å². The van der Waals surface area contributed by atoms with Crippen LogP contribution in [0.2, 0.25) is 0 Å². The summed E-state index contributed by atoms with van der Waals surface area (Å²) in [6.45, 7) is 2.55. The van der Waals surface area contributed by atoms with Gasteiger partial charge in [0.15, 0.2) is 0 Å². The van der Waals surface area contributed by atoms with Gasteiger partial charge in [-0.05, 0) is 43.3 Å². The molecule has 2 aromatic carbocycles. The van der Waals surface area contributed by atoms with Crippen LogP contribution >= 0.6 is 0 Å². The van der Waals surface area contributed by atoms with Gasteiger partial charge in [-0.25, -0.2) is 0 Å². The van der Waals surface area contributed by atoms with Crippen molar-refractivity contribution in [2.45, 2.75) is 6.92 Å². The van der Waals surface area contributed by atoms with Gasteiger partial charge in [-0.3, -0.25) is 9.59 Å². The Hall–Kier alpha value is -3.02. The maximum Gasteiger partial charge on any atom is 0.251 e. The molecule has 126 valence electrons. The zero-order chi connectivity index (χ0) is 17.4. The van der Waals surface area contributed by atoms with E-state index in [1.165, 1.54) is 0 Å². The van der Waals surface area contributed by atoms with E-state index in [1.807, 2.05) is 31.2 Å². The second-order valence-electron chi connectivity index (χ2n) is 5.04. The number of amides is 2. The summed E-state index contributed by atoms with van der Waals surface area (Å²) in [5.41, 5.74) is 1.94. The zero-order valence-electron chi connectivity index (χ0n) is 13.8. The van der Waals surface area contributed by atoms with Gasteiger partial charge in [0.25, 0.3) is 5.91 Å². The summed E-state index contributed by atoms with van der Waals surface area (Å²) in [7, 11) is 1.58. The molecular formula is C18H21N3O3. The van der Waals surface area contributed by atoms with Crippen LogP contribution in [-0.2, 0) is 4.79 Å². The lowest BCUT2D eigenvalue weighted by Gasteiger charge is -2.11. The third-order valence-corrected chi connectivity index (χ3v) is 3.31. The lowest BCUT2D eigenvalue weighted by atomic mass is 10.2. The van der Waals surface area contributed by atoms with Crippen LogP contribution in [0.3, 0.4) is 0 Å². The van der Waals surface area contributed by atoms with Crippen molar-refractivity contribution >= 4 is 23.2 Å². The molecule has 0 saturated heterocycles. The molecule has 0 spiro atoms. The fourth-order valence-corrected chi connectivity index (χ4v) is 2.14. The molecule has 0 unspecified atom stereocenters. The first kappa shape index (κ1) is 17.3. The van der Waals surface area contributed by atoms with Crippen LogP contribution in [-0.4, -0.2) is 32.0 Å². The highest BCUT2D eigenvalue weighted by molar-refractivity contribution is 5.96. The van der Waals surface area contributed by atoms with Gasteiger partial charge in [0, 0.05) is 17.8 Å². The van der Waals surface area contributed by atoms with Crippen molar-refractivity contribution in [2.75, 3.05) is 30.8 Å². The molecule has 0 aromatic heterocycles. The van der Waals surface area contributed by atoms with Gasteiger partial charge in [-0.15, -0.1) is 0 Å². The monoisotopic (exact) mass is 327 g/mol. The third-order valence-electron chi connectivity index (χ3n) is 3.31. The molecule has 0 bridgehead atoms. The first-order valence-electron chi connectivity index (χ1n) is 7.69. The van der Waals surface area contributed by atoms with Crippen LogP contribution in [0.4, 0.5) is 11.4 Å². The number of carbonyl (C=O) groups excluding carboxylic acids is 2. The zero-order valence-corrected chi connectivity index (χ0v) is 13.8. The van der Waals surface area contributed by atoms with Gasteiger partial charge in [-0.2, -0.15) is 0 Å². The number of hydrogen-bond acceptors (Lipinski definition) is 4. The quantitative estimate of drug-likeness (QED) is 0.730. The maximum atomic E-state index is 12.0. The largest absolute Gasteiger partial charge is 0.495 e. The molecular weight excluding hydrogens is 306 g/mol. The first-order valence-corrected chi connectivity index (χ1v) is 7.69. The van der Waals surface area contributed by atoms with E-state index in [1.54, 1.807) is 31.4 Å². The van der Waals surface area contributed by atoms with Crippen LogP contribution < -0.4 is 20.7 Å². The Kier molecular flexibility index (Phi) is 6.19. The van der Waals surface area contributed by atoms with Gasteiger partial charge < -0.3 is 20.7 Å². The Morgan fingerprint density at radius 3 is 2.42 bits per heavy atom. The molecule has 0 radical (unpaired) electrons. The smallest absolute Gasteiger partial charge is 0.251 e. The number of anilines is 2. The number of rotatable bonds is 7. The van der Waals surface area contributed by atoms with Gasteiger partial charge in [-0.1, -0.05) is 12.1 Å². The van der Waals surface area contributed by atoms with E-state index in [4.69, 9.17) is 4.74 Å². The number of para-hydroxylation sites is 2. The van der Waals surface area contributed by atoms with Crippen LogP contribution in [0.5, 0.6) is 5.75 Å². The normalized spacial score (nSPS) is 9.92. The highest BCUT2D eigenvalue weighted by atomic mass is 16.5. The summed E-state index contributed by atoms with van der Waals surface area (Å²) in [6.07, 6.45) is 0. The molecule has 0 heterocycles. The minimum absolute atomic E-state index is 0.110. The van der Waals surface area contributed by atoms with Crippen molar-refractivity contribution in [1.82, 2.24) is 5.32 Å². The van der Waals surface area contributed by atoms with Crippen LogP contribution in [0.1, 0.15) is 17.3 Å². The fraction of sp³-hybridized carbons (Fsp3) is 0.222. The molecule has 2 aromatic rings. The fourth-order valence-electron chi connectivity index (χ4n) is 2.14. The molecule has 6 heteroatoms. The molecule has 0 aliphatic heterocycles. The van der Waals surface area contributed by atoms with Crippen molar-refractivity contribution in [3.63, 3.8) is 0 Å². The summed E-state index contributed by atoms with van der Waals surface area (Å²) in [6, 6.07) is 14.1. The van der Waals surface area contributed by atoms with E-state index in [0.29, 0.717) is 23.5 Å². The molecule has 0 saturated carbocycles. The lowest BCUT2D eigenvalue weighted by Crippen LogP contribution is -2.23. The van der Waals surface area contributed by atoms with Crippen LogP contribution in [0.25, 0.3) is 0 Å². The van der Waals surface area contributed by atoms with Crippen LogP contribution in [0, 0.1) is 0 Å². The summed E-state index contributed by atoms with van der Waals surface area (Å²) in [5.74, 6) is 0.358. The van der Waals surface area contributed by atoms with E-state index >= 15 is 0 Å². The average Bonchev–Trinajstić information content (AvgIpc) is 2.61. The Morgan fingerprint density at radius 1 is 1.04 bits per heavy atom. The molecule has 24 heavy (non-hydrogen) atoms.